The van der Waals surface area contributed by atoms with Crippen LogP contribution in [-0.4, -0.2) is 29.9 Å². The summed E-state index contributed by atoms with van der Waals surface area (Å²) in [5.41, 5.74) is 24.3. The van der Waals surface area contributed by atoms with E-state index < -0.39 is 6.85 Å². The minimum atomic E-state index is -2.21. The van der Waals surface area contributed by atoms with Gasteiger partial charge in [0.25, 0.3) is 11.6 Å². The van der Waals surface area contributed by atoms with Gasteiger partial charge in [0.2, 0.25) is 28.5 Å². The van der Waals surface area contributed by atoms with Gasteiger partial charge in [-0.3, -0.25) is 0 Å². The molecule has 0 amide bonds. The Labute approximate surface area is 778 Å². The number of rotatable bonds is 5. The molecule has 0 unspecified atom stereocenters. The van der Waals surface area contributed by atoms with Crippen molar-refractivity contribution in [3.8, 4) is 56.7 Å². The number of furan rings is 7. The molecule has 18 heteroatoms. The molecule has 27 aromatic rings. The zero-order chi connectivity index (χ0) is 94.5. The molecule has 12 aromatic carbocycles. The van der Waals surface area contributed by atoms with E-state index in [4.69, 9.17) is 40.0 Å². The molecule has 0 bridgehead atoms. The largest absolute Gasteiger partial charge is 0.437 e. The van der Waals surface area contributed by atoms with Crippen LogP contribution in [0.1, 0.15) is 54.4 Å². The quantitative estimate of drug-likeness (QED) is 0.148. The standard InChI is InChI=1S/C26H20NO2.C25H18NO2.C23H20N3O.C22H18N3O.C21H16N3O/c1-15-12-13-27(3)20(14-15)22-16(2)17-8-4-5-9-18(17)23-24-19-10-6-7-11-21(19)28-26(24)29-25(22)23;1-15-16-9-3-4-10-17(16)22-23-18-11-5-6-13-20(18)27-25(23)28-24(22)21(15)19-12-7-8-14-26(19)2;1-13-9-10-18-20-17-8-6-5-7-16(17)15(3)19(21(20)27-23(18)25-13)22-24-14(2)11-12-26(22)4;1-13-11-24-21(25(3)12-13)18-14(2)15-7-4-5-8-16(15)19-17-9-6-10-23-22(17)26-20(18)19;1-13-14-7-3-4-8-15(14)18-16-9-5-10-23-21(16)25-19(18)17(13)20-22-11-6-12-24(20)2/h4-14H,1-3H3;3-14H,1-2H3;5-12H,1-4H3;4-12H,1-3H3;3-12H,1-2H3/q5*+1/i;;;1D3;. The van der Waals surface area contributed by atoms with Crippen LogP contribution in [0.4, 0.5) is 0 Å². The van der Waals surface area contributed by atoms with E-state index in [1.165, 1.54) is 71.5 Å². The van der Waals surface area contributed by atoms with Crippen molar-refractivity contribution in [2.45, 2.75) is 62.2 Å². The van der Waals surface area contributed by atoms with Crippen molar-refractivity contribution in [2.75, 3.05) is 0 Å². The van der Waals surface area contributed by atoms with E-state index in [1.54, 1.807) is 30.2 Å². The second-order valence-corrected chi connectivity index (χ2v) is 35.0. The average Bonchev–Trinajstić information content (AvgIpc) is 1.54. The first-order valence-electron chi connectivity index (χ1n) is 46.5. The molecular formula is C117H92N11O7+5. The van der Waals surface area contributed by atoms with Crippen molar-refractivity contribution in [1.29, 1.82) is 0 Å². The van der Waals surface area contributed by atoms with Crippen LogP contribution in [0, 0.1) is 62.2 Å². The Hall–Kier alpha value is -17.0. The molecule has 0 aliphatic rings. The van der Waals surface area contributed by atoms with Crippen molar-refractivity contribution in [3.63, 3.8) is 0 Å². The summed E-state index contributed by atoms with van der Waals surface area (Å²) in [6.07, 6.45) is 16.5. The van der Waals surface area contributed by atoms with Gasteiger partial charge in [0.1, 0.15) is 54.3 Å². The number of hydrogen-bond acceptors (Lipinski definition) is 13. The van der Waals surface area contributed by atoms with Gasteiger partial charge in [-0.25, -0.2) is 37.8 Å². The van der Waals surface area contributed by atoms with Crippen molar-refractivity contribution in [2.24, 2.45) is 35.2 Å². The lowest BCUT2D eigenvalue weighted by Crippen LogP contribution is -2.32. The Morgan fingerprint density at radius 1 is 0.252 bits per heavy atom. The molecule has 18 nitrogen and oxygen atoms in total. The van der Waals surface area contributed by atoms with Crippen LogP contribution in [-0.2, 0) is 35.2 Å². The fourth-order valence-electron chi connectivity index (χ4n) is 20.4. The monoisotopic (exact) mass is 1770 g/mol. The molecule has 27 rings (SSSR count). The Morgan fingerprint density at radius 2 is 0.630 bits per heavy atom. The Bertz CT molecular complexity index is 9760. The lowest BCUT2D eigenvalue weighted by Gasteiger charge is -2.11. The normalized spacial score (nSPS) is 12.2. The van der Waals surface area contributed by atoms with Crippen molar-refractivity contribution in [3.05, 3.63) is 355 Å². The number of aromatic nitrogens is 11. The van der Waals surface area contributed by atoms with Crippen LogP contribution in [0.15, 0.2) is 335 Å². The molecule has 0 saturated carbocycles. The van der Waals surface area contributed by atoms with Gasteiger partial charge in [-0.15, -0.1) is 0 Å². The van der Waals surface area contributed by atoms with Crippen LogP contribution < -0.4 is 22.8 Å². The summed E-state index contributed by atoms with van der Waals surface area (Å²) >= 11 is 0. The predicted molar refractivity (Wildman–Crippen MR) is 538 cm³/mol. The fourth-order valence-corrected chi connectivity index (χ4v) is 20.4. The highest BCUT2D eigenvalue weighted by atomic mass is 16.5. The lowest BCUT2D eigenvalue weighted by molar-refractivity contribution is -0.663. The van der Waals surface area contributed by atoms with Gasteiger partial charge in [-0.05, 0) is 212 Å². The summed E-state index contributed by atoms with van der Waals surface area (Å²) < 4.78 is 76.8. The molecule has 0 aliphatic heterocycles. The Kier molecular flexibility index (Phi) is 19.0. The summed E-state index contributed by atoms with van der Waals surface area (Å²) in [7, 11) is 9.98. The molecule has 15 heterocycles. The van der Waals surface area contributed by atoms with E-state index in [1.807, 2.05) is 149 Å². The molecule has 0 spiro atoms. The zero-order valence-corrected chi connectivity index (χ0v) is 76.6. The van der Waals surface area contributed by atoms with Gasteiger partial charge in [0.15, 0.2) is 46.0 Å². The van der Waals surface area contributed by atoms with Crippen molar-refractivity contribution >= 4 is 186 Å². The summed E-state index contributed by atoms with van der Waals surface area (Å²) in [4.78, 5) is 27.4. The molecule has 652 valence electrons. The van der Waals surface area contributed by atoms with Gasteiger partial charge in [-0.1, -0.05) is 158 Å². The SMILES string of the molecule is Cc1c(-c2cccc[n+]2C)c2oc3oc4ccccc4c3c2c2ccccc12.Cc1c(-c2nccc[n+]2C)c2oc3ncccc3c2c2ccccc12.Cc1cc[n+](C)c(-c2c(C)c3ccccc3c3c2oc2nc(C)ccc23)n1.Cc1cc[n+](C)c(-c2c(C)c3ccccc3c3c2oc2oc4ccccc4c23)c1.[2H]C([2H])([2H])c1cnc(-c2c(C)c3ccccc3c3c2oc2ncccc23)[n+](C)c1. The Morgan fingerprint density at radius 3 is 1.12 bits per heavy atom. The molecule has 135 heavy (non-hydrogen) atoms. The number of para-hydroxylation sites is 2. The van der Waals surface area contributed by atoms with Gasteiger partial charge >= 0.3 is 17.5 Å². The van der Waals surface area contributed by atoms with Crippen molar-refractivity contribution in [1.82, 2.24) is 29.9 Å². The number of hydrogen-bond donors (Lipinski definition) is 0. The fraction of sp³-hybridized carbons (Fsp3) is 0.120. The third-order valence-electron chi connectivity index (χ3n) is 26.7. The second kappa shape index (κ2) is 32.5. The zero-order valence-electron chi connectivity index (χ0n) is 79.6. The smallest absolute Gasteiger partial charge is 0.334 e. The third-order valence-corrected chi connectivity index (χ3v) is 26.7. The summed E-state index contributed by atoms with van der Waals surface area (Å²) in [6, 6.07) is 85.1. The van der Waals surface area contributed by atoms with Gasteiger partial charge in [0, 0.05) is 125 Å². The summed E-state index contributed by atoms with van der Waals surface area (Å²) in [6.45, 7) is 14.6. The third kappa shape index (κ3) is 13.4. The van der Waals surface area contributed by atoms with Gasteiger partial charge < -0.3 is 30.9 Å². The van der Waals surface area contributed by atoms with E-state index in [9.17, 15) is 0 Å². The number of fused-ring (bicyclic) bond motifs is 29. The molecule has 0 atom stereocenters. The highest BCUT2D eigenvalue weighted by Crippen LogP contribution is 2.51. The van der Waals surface area contributed by atoms with E-state index in [2.05, 4.69) is 257 Å². The number of aryl methyl sites for hydroxylation is 14. The van der Waals surface area contributed by atoms with E-state index in [0.717, 1.165) is 182 Å². The number of pyridine rings is 5. The van der Waals surface area contributed by atoms with E-state index in [0.29, 0.717) is 40.1 Å². The first-order chi connectivity index (χ1) is 67.0. The van der Waals surface area contributed by atoms with Crippen LogP contribution in [0.3, 0.4) is 0 Å². The van der Waals surface area contributed by atoms with Crippen LogP contribution >= 0.6 is 0 Å². The van der Waals surface area contributed by atoms with Crippen LogP contribution in [0.2, 0.25) is 0 Å². The molecule has 0 aliphatic carbocycles. The number of nitrogens with zero attached hydrogens (tertiary/aromatic N) is 11. The second-order valence-electron chi connectivity index (χ2n) is 35.0. The maximum absolute atomic E-state index is 7.65. The van der Waals surface area contributed by atoms with E-state index >= 15 is 0 Å². The maximum Gasteiger partial charge on any atom is 0.334 e. The molecular weight excluding hydrogens is 1670 g/mol. The van der Waals surface area contributed by atoms with Crippen LogP contribution in [0.5, 0.6) is 0 Å². The molecule has 0 saturated heterocycles. The molecule has 0 radical (unpaired) electrons. The predicted octanol–water partition coefficient (Wildman–Crippen LogP) is 26.8. The molecule has 0 fully saturated rings. The molecule has 0 N–H and O–H groups in total. The highest BCUT2D eigenvalue weighted by Gasteiger charge is 2.34. The van der Waals surface area contributed by atoms with Crippen LogP contribution in [0.25, 0.3) is 243 Å². The maximum atomic E-state index is 7.65. The molecule has 15 aromatic heterocycles. The number of benzene rings is 12. The lowest BCUT2D eigenvalue weighted by atomic mass is 9.92. The van der Waals surface area contributed by atoms with Gasteiger partial charge in [0.05, 0.1) is 61.6 Å². The Balaban J connectivity index is 0.0000000967. The average molecular weight is 1770 g/mol. The van der Waals surface area contributed by atoms with E-state index in [-0.39, 0.29) is 5.56 Å². The summed E-state index contributed by atoms with van der Waals surface area (Å²) in [5, 5.41) is 24.6. The minimum Gasteiger partial charge on any atom is -0.437 e. The summed E-state index contributed by atoms with van der Waals surface area (Å²) in [5.74, 6) is 3.61. The minimum absolute atomic E-state index is 0.199. The first-order valence-corrected chi connectivity index (χ1v) is 45.0. The van der Waals surface area contributed by atoms with Crippen molar-refractivity contribution < 1.29 is 57.9 Å². The van der Waals surface area contributed by atoms with Gasteiger partial charge in [-0.2, -0.15) is 0 Å². The highest BCUT2D eigenvalue weighted by molar-refractivity contribution is 6.31. The first kappa shape index (κ1) is 79.0. The topological polar surface area (TPSA) is 189 Å².